The maximum atomic E-state index is 13.4. The number of carbonyl (C=O) groups excluding carboxylic acids is 1. The van der Waals surface area contributed by atoms with Crippen LogP contribution in [0.3, 0.4) is 0 Å². The van der Waals surface area contributed by atoms with Crippen molar-refractivity contribution in [3.63, 3.8) is 0 Å². The number of ether oxygens (including phenoxy) is 1. The highest BCUT2D eigenvalue weighted by atomic mass is 35.5. The molecule has 2 aromatic rings. The zero-order chi connectivity index (χ0) is 23.6. The van der Waals surface area contributed by atoms with Gasteiger partial charge in [0.2, 0.25) is 5.91 Å². The largest absolute Gasteiger partial charge is 0.384 e. The highest BCUT2D eigenvalue weighted by molar-refractivity contribution is 6.31. The summed E-state index contributed by atoms with van der Waals surface area (Å²) in [5.74, 6) is -0.920. The van der Waals surface area contributed by atoms with E-state index in [4.69, 9.17) is 16.3 Å². The Balaban J connectivity index is 1.54. The lowest BCUT2D eigenvalue weighted by Crippen LogP contribution is -2.56. The normalized spacial score (nSPS) is 23.5. The maximum Gasteiger partial charge on any atom is 0.250 e. The molecule has 4 rings (SSSR count). The second-order valence-electron chi connectivity index (χ2n) is 9.20. The number of aryl methyl sites for hydroxylation is 1. The molecule has 2 atom stereocenters. The summed E-state index contributed by atoms with van der Waals surface area (Å²) in [6.07, 6.45) is 5.06. The van der Waals surface area contributed by atoms with Crippen molar-refractivity contribution in [1.82, 2.24) is 14.8 Å². The van der Waals surface area contributed by atoms with Crippen molar-refractivity contribution in [2.45, 2.75) is 43.9 Å². The summed E-state index contributed by atoms with van der Waals surface area (Å²) in [5.41, 5.74) is 0.808. The van der Waals surface area contributed by atoms with Crippen LogP contribution in [0, 0.1) is 5.92 Å². The predicted molar refractivity (Wildman–Crippen MR) is 127 cm³/mol. The molecule has 0 spiro atoms. The second-order valence-corrected chi connectivity index (χ2v) is 9.61. The number of piperidine rings is 1. The number of hydrogen-bond donors (Lipinski definition) is 2. The SMILES string of the molecule is COCCc1ccc(Cl)c(CNC(=O)C2CN(C3CC3)CCC2(O)c2ccn(C)c(=O)c2)c1. The minimum absolute atomic E-state index is 0.204. The van der Waals surface area contributed by atoms with Gasteiger partial charge in [-0.3, -0.25) is 14.5 Å². The molecule has 2 heterocycles. The van der Waals surface area contributed by atoms with Gasteiger partial charge in [-0.1, -0.05) is 23.7 Å². The third kappa shape index (κ3) is 5.32. The number of methoxy groups -OCH3 is 1. The number of pyridine rings is 1. The molecule has 7 nitrogen and oxygen atoms in total. The average Bonchev–Trinajstić information content (AvgIpc) is 3.65. The number of amides is 1. The first-order valence-electron chi connectivity index (χ1n) is 11.5. The molecule has 1 aromatic carbocycles. The number of rotatable bonds is 8. The molecule has 1 aliphatic carbocycles. The molecule has 1 saturated heterocycles. The smallest absolute Gasteiger partial charge is 0.250 e. The van der Waals surface area contributed by atoms with Gasteiger partial charge >= 0.3 is 0 Å². The minimum atomic E-state index is -1.40. The molecule has 178 valence electrons. The van der Waals surface area contributed by atoms with Gasteiger partial charge < -0.3 is 19.7 Å². The second kappa shape index (κ2) is 9.97. The Hall–Kier alpha value is -2.19. The summed E-state index contributed by atoms with van der Waals surface area (Å²) in [6.45, 7) is 2.04. The van der Waals surface area contributed by atoms with Crippen molar-refractivity contribution in [2.24, 2.45) is 13.0 Å². The fourth-order valence-corrected chi connectivity index (χ4v) is 4.83. The number of hydrogen-bond acceptors (Lipinski definition) is 5. The van der Waals surface area contributed by atoms with Gasteiger partial charge in [0.25, 0.3) is 5.56 Å². The van der Waals surface area contributed by atoms with E-state index in [1.165, 1.54) is 10.6 Å². The Morgan fingerprint density at radius 2 is 2.09 bits per heavy atom. The topological polar surface area (TPSA) is 83.8 Å². The summed E-state index contributed by atoms with van der Waals surface area (Å²) in [5, 5.41) is 15.3. The van der Waals surface area contributed by atoms with Gasteiger partial charge in [-0.05, 0) is 54.5 Å². The molecular formula is C25H32ClN3O4. The molecule has 1 amide bonds. The van der Waals surface area contributed by atoms with Crippen molar-refractivity contribution in [1.29, 1.82) is 0 Å². The molecule has 1 aliphatic heterocycles. The summed E-state index contributed by atoms with van der Waals surface area (Å²) in [4.78, 5) is 28.0. The van der Waals surface area contributed by atoms with E-state index in [9.17, 15) is 14.7 Å². The van der Waals surface area contributed by atoms with Crippen molar-refractivity contribution in [3.05, 3.63) is 68.6 Å². The van der Waals surface area contributed by atoms with Gasteiger partial charge in [-0.15, -0.1) is 0 Å². The van der Waals surface area contributed by atoms with Gasteiger partial charge in [0.05, 0.1) is 12.5 Å². The van der Waals surface area contributed by atoms with E-state index in [0.717, 1.165) is 30.4 Å². The summed E-state index contributed by atoms with van der Waals surface area (Å²) < 4.78 is 6.61. The number of nitrogens with zero attached hydrogens (tertiary/aromatic N) is 2. The van der Waals surface area contributed by atoms with Crippen LogP contribution in [-0.4, -0.2) is 53.3 Å². The third-order valence-electron chi connectivity index (χ3n) is 6.92. The summed E-state index contributed by atoms with van der Waals surface area (Å²) in [7, 11) is 3.33. The van der Waals surface area contributed by atoms with Crippen LogP contribution in [-0.2, 0) is 35.1 Å². The predicted octanol–water partition coefficient (Wildman–Crippen LogP) is 2.22. The molecule has 0 radical (unpaired) electrons. The van der Waals surface area contributed by atoms with Gasteiger partial charge in [0.15, 0.2) is 0 Å². The molecule has 2 fully saturated rings. The van der Waals surface area contributed by atoms with Crippen LogP contribution in [0.15, 0.2) is 41.3 Å². The molecule has 2 N–H and O–H groups in total. The lowest BCUT2D eigenvalue weighted by atomic mass is 9.75. The third-order valence-corrected chi connectivity index (χ3v) is 7.28. The first-order chi connectivity index (χ1) is 15.8. The van der Waals surface area contributed by atoms with E-state index in [2.05, 4.69) is 10.2 Å². The van der Waals surface area contributed by atoms with Crippen molar-refractivity contribution >= 4 is 17.5 Å². The number of aliphatic hydroxyl groups is 1. The molecule has 0 bridgehead atoms. The van der Waals surface area contributed by atoms with E-state index in [0.29, 0.717) is 42.7 Å². The Bertz CT molecular complexity index is 1070. The van der Waals surface area contributed by atoms with Crippen molar-refractivity contribution in [3.8, 4) is 0 Å². The van der Waals surface area contributed by atoms with Crippen LogP contribution in [0.1, 0.15) is 36.0 Å². The highest BCUT2D eigenvalue weighted by Gasteiger charge is 2.49. The number of nitrogens with one attached hydrogen (secondary N) is 1. The van der Waals surface area contributed by atoms with E-state index in [1.54, 1.807) is 26.4 Å². The Morgan fingerprint density at radius 3 is 2.79 bits per heavy atom. The molecule has 8 heteroatoms. The average molecular weight is 474 g/mol. The standard InChI is InChI=1S/C25H32ClN3O4/c1-28-10-7-19(14-23(28)30)25(32)9-11-29(20-4-5-20)16-21(25)24(31)27-15-18-13-17(8-12-33-2)3-6-22(18)26/h3,6-7,10,13-14,20-21,32H,4-5,8-9,11-12,15-16H2,1-2H3,(H,27,31). The molecule has 1 aromatic heterocycles. The lowest BCUT2D eigenvalue weighted by Gasteiger charge is -2.44. The van der Waals surface area contributed by atoms with Crippen molar-refractivity contribution in [2.75, 3.05) is 26.8 Å². The van der Waals surface area contributed by atoms with Crippen molar-refractivity contribution < 1.29 is 14.6 Å². The van der Waals surface area contributed by atoms with Gasteiger partial charge in [-0.2, -0.15) is 0 Å². The molecular weight excluding hydrogens is 442 g/mol. The lowest BCUT2D eigenvalue weighted by molar-refractivity contribution is -0.144. The minimum Gasteiger partial charge on any atom is -0.384 e. The highest BCUT2D eigenvalue weighted by Crippen LogP contribution is 2.40. The number of carbonyl (C=O) groups is 1. The van der Waals surface area contributed by atoms with Crippen LogP contribution in [0.5, 0.6) is 0 Å². The van der Waals surface area contributed by atoms with Gasteiger partial charge in [-0.25, -0.2) is 0 Å². The molecule has 2 aliphatic rings. The number of halogens is 1. The first kappa shape index (κ1) is 24.0. The van der Waals surface area contributed by atoms with Crippen LogP contribution in [0.2, 0.25) is 5.02 Å². The van der Waals surface area contributed by atoms with Crippen LogP contribution in [0.4, 0.5) is 0 Å². The van der Waals surface area contributed by atoms with Crippen LogP contribution >= 0.6 is 11.6 Å². The van der Waals surface area contributed by atoms with Crippen LogP contribution in [0.25, 0.3) is 0 Å². The zero-order valence-electron chi connectivity index (χ0n) is 19.2. The number of aromatic nitrogens is 1. The maximum absolute atomic E-state index is 13.4. The van der Waals surface area contributed by atoms with Gasteiger partial charge in [0.1, 0.15) is 5.60 Å². The van der Waals surface area contributed by atoms with E-state index in [1.807, 2.05) is 18.2 Å². The number of benzene rings is 1. The van der Waals surface area contributed by atoms with Crippen LogP contribution < -0.4 is 10.9 Å². The quantitative estimate of drug-likeness (QED) is 0.614. The Labute approximate surface area is 199 Å². The summed E-state index contributed by atoms with van der Waals surface area (Å²) in [6, 6.07) is 9.44. The van der Waals surface area contributed by atoms with E-state index >= 15 is 0 Å². The summed E-state index contributed by atoms with van der Waals surface area (Å²) >= 11 is 6.38. The molecule has 33 heavy (non-hydrogen) atoms. The molecule has 1 saturated carbocycles. The fourth-order valence-electron chi connectivity index (χ4n) is 4.64. The first-order valence-corrected chi connectivity index (χ1v) is 11.9. The fraction of sp³-hybridized carbons (Fsp3) is 0.520. The Morgan fingerprint density at radius 1 is 1.30 bits per heavy atom. The Kier molecular flexibility index (Phi) is 7.24. The zero-order valence-corrected chi connectivity index (χ0v) is 20.0. The number of likely N-dealkylation sites (tertiary alicyclic amines) is 1. The van der Waals surface area contributed by atoms with Gasteiger partial charge in [0, 0.05) is 57.1 Å². The molecule has 2 unspecified atom stereocenters. The monoisotopic (exact) mass is 473 g/mol. The van der Waals surface area contributed by atoms with E-state index < -0.39 is 11.5 Å². The van der Waals surface area contributed by atoms with E-state index in [-0.39, 0.29) is 18.0 Å².